The number of anilines is 1. The second-order valence-electron chi connectivity index (χ2n) is 7.00. The van der Waals surface area contributed by atoms with Crippen LogP contribution in [0.1, 0.15) is 35.2 Å². The maximum atomic E-state index is 12.9. The fourth-order valence-electron chi connectivity index (χ4n) is 3.55. The van der Waals surface area contributed by atoms with E-state index in [4.69, 9.17) is 0 Å². The molecule has 134 valence electrons. The zero-order chi connectivity index (χ0) is 18.3. The summed E-state index contributed by atoms with van der Waals surface area (Å²) in [6.07, 6.45) is 7.39. The molecule has 0 fully saturated rings. The first kappa shape index (κ1) is 16.6. The van der Waals surface area contributed by atoms with Crippen molar-refractivity contribution in [1.29, 1.82) is 0 Å². The largest absolute Gasteiger partial charge is 0.325 e. The van der Waals surface area contributed by atoms with Gasteiger partial charge in [-0.15, -0.1) is 0 Å². The van der Waals surface area contributed by atoms with Crippen LogP contribution in [0.25, 0.3) is 5.52 Å². The van der Waals surface area contributed by atoms with Gasteiger partial charge in [-0.1, -0.05) is 6.07 Å². The first-order valence-corrected chi connectivity index (χ1v) is 8.99. The minimum Gasteiger partial charge on any atom is -0.325 e. The van der Waals surface area contributed by atoms with E-state index in [0.717, 1.165) is 48.2 Å². The van der Waals surface area contributed by atoms with Crippen molar-refractivity contribution in [1.82, 2.24) is 14.2 Å². The van der Waals surface area contributed by atoms with Crippen molar-refractivity contribution in [3.8, 4) is 0 Å². The van der Waals surface area contributed by atoms with E-state index in [2.05, 4.69) is 10.4 Å². The van der Waals surface area contributed by atoms with Crippen LogP contribution in [0.5, 0.6) is 0 Å². The molecule has 1 aliphatic rings. The number of carbonyl (C=O) groups excluding carboxylic acids is 1. The van der Waals surface area contributed by atoms with Crippen LogP contribution in [-0.2, 0) is 24.2 Å². The molecule has 0 unspecified atom stereocenters. The Morgan fingerprint density at radius 3 is 2.77 bits per heavy atom. The molecule has 1 aromatic carbocycles. The maximum absolute atomic E-state index is 12.9. The molecule has 0 saturated heterocycles. The zero-order valence-corrected chi connectivity index (χ0v) is 15.1. The number of nitrogens with one attached hydrogen (secondary N) is 1. The number of hydrogen-bond donors (Lipinski definition) is 1. The van der Waals surface area contributed by atoms with Gasteiger partial charge in [-0.3, -0.25) is 9.59 Å². The van der Waals surface area contributed by atoms with E-state index < -0.39 is 0 Å². The summed E-state index contributed by atoms with van der Waals surface area (Å²) in [5, 5.41) is 7.39. The number of aryl methyl sites for hydroxylation is 4. The maximum Gasteiger partial charge on any atom is 0.277 e. The van der Waals surface area contributed by atoms with Gasteiger partial charge in [-0.2, -0.15) is 5.10 Å². The van der Waals surface area contributed by atoms with Crippen LogP contribution in [0.2, 0.25) is 0 Å². The third kappa shape index (κ3) is 2.92. The highest BCUT2D eigenvalue weighted by atomic mass is 16.2. The molecule has 6 nitrogen and oxygen atoms in total. The lowest BCUT2D eigenvalue weighted by atomic mass is 9.97. The molecule has 0 aliphatic heterocycles. The number of hydrogen-bond acceptors (Lipinski definition) is 3. The van der Waals surface area contributed by atoms with Crippen LogP contribution in [0.4, 0.5) is 5.69 Å². The summed E-state index contributed by atoms with van der Waals surface area (Å²) in [6.45, 7) is 4.02. The van der Waals surface area contributed by atoms with Gasteiger partial charge in [0.1, 0.15) is 12.1 Å². The Bertz CT molecular complexity index is 1060. The van der Waals surface area contributed by atoms with Crippen molar-refractivity contribution in [2.75, 3.05) is 5.32 Å². The molecule has 0 spiro atoms. The molecular weight excluding hydrogens is 328 g/mol. The predicted octanol–water partition coefficient (Wildman–Crippen LogP) is 2.63. The molecule has 0 bridgehead atoms. The molecule has 1 aliphatic carbocycles. The van der Waals surface area contributed by atoms with Gasteiger partial charge in [0.05, 0.1) is 5.69 Å². The molecular formula is C20H22N4O2. The van der Waals surface area contributed by atoms with Crippen LogP contribution in [0, 0.1) is 13.8 Å². The third-order valence-corrected chi connectivity index (χ3v) is 5.14. The van der Waals surface area contributed by atoms with E-state index in [-0.39, 0.29) is 18.0 Å². The first-order chi connectivity index (χ1) is 12.5. The van der Waals surface area contributed by atoms with Crippen LogP contribution >= 0.6 is 0 Å². The van der Waals surface area contributed by atoms with E-state index >= 15 is 0 Å². The molecule has 1 amide bonds. The molecule has 3 aromatic rings. The summed E-state index contributed by atoms with van der Waals surface area (Å²) in [6, 6.07) is 5.79. The van der Waals surface area contributed by atoms with Crippen molar-refractivity contribution >= 4 is 17.1 Å². The normalized spacial score (nSPS) is 13.6. The van der Waals surface area contributed by atoms with Crippen LogP contribution < -0.4 is 10.9 Å². The lowest BCUT2D eigenvalue weighted by molar-refractivity contribution is -0.116. The average Bonchev–Trinajstić information content (AvgIpc) is 3.00. The summed E-state index contributed by atoms with van der Waals surface area (Å²) in [7, 11) is 0. The molecule has 26 heavy (non-hydrogen) atoms. The number of benzene rings is 1. The van der Waals surface area contributed by atoms with Crippen LogP contribution in [0.3, 0.4) is 0 Å². The Hall–Kier alpha value is -2.89. The van der Waals surface area contributed by atoms with Gasteiger partial charge >= 0.3 is 0 Å². The standard InChI is InChI=1S/C20H22N4O2/c1-13-7-8-15(11-14(13)2)21-18(25)12-23-9-10-24-19(20(23)26)16-5-3-4-6-17(16)22-24/h7-11H,3-6,12H2,1-2H3,(H,21,25). The Balaban J connectivity index is 1.60. The lowest BCUT2D eigenvalue weighted by Gasteiger charge is -2.10. The van der Waals surface area contributed by atoms with Gasteiger partial charge in [0.2, 0.25) is 5.91 Å². The van der Waals surface area contributed by atoms with Gasteiger partial charge < -0.3 is 9.88 Å². The summed E-state index contributed by atoms with van der Waals surface area (Å²) in [4.78, 5) is 25.3. The fourth-order valence-corrected chi connectivity index (χ4v) is 3.55. The monoisotopic (exact) mass is 350 g/mol. The van der Waals surface area contributed by atoms with Gasteiger partial charge in [-0.05, 0) is 62.8 Å². The minimum absolute atomic E-state index is 0.0117. The number of amides is 1. The van der Waals surface area contributed by atoms with E-state index in [9.17, 15) is 9.59 Å². The average molecular weight is 350 g/mol. The van der Waals surface area contributed by atoms with Crippen LogP contribution in [-0.4, -0.2) is 20.1 Å². The van der Waals surface area contributed by atoms with E-state index in [1.54, 1.807) is 16.9 Å². The molecule has 0 radical (unpaired) electrons. The molecule has 4 rings (SSSR count). The van der Waals surface area contributed by atoms with Gasteiger partial charge in [-0.25, -0.2) is 4.52 Å². The molecule has 2 aromatic heterocycles. The SMILES string of the molecule is Cc1ccc(NC(=O)Cn2ccn3nc4c(c3c2=O)CCCC4)cc1C. The van der Waals surface area contributed by atoms with Crippen molar-refractivity contribution in [3.05, 3.63) is 63.3 Å². The minimum atomic E-state index is -0.215. The Kier molecular flexibility index (Phi) is 4.11. The smallest absolute Gasteiger partial charge is 0.277 e. The topological polar surface area (TPSA) is 68.4 Å². The first-order valence-electron chi connectivity index (χ1n) is 8.99. The van der Waals surface area contributed by atoms with Crippen molar-refractivity contribution in [2.45, 2.75) is 46.1 Å². The van der Waals surface area contributed by atoms with Crippen molar-refractivity contribution in [2.24, 2.45) is 0 Å². The molecule has 0 saturated carbocycles. The van der Waals surface area contributed by atoms with Crippen molar-refractivity contribution < 1.29 is 4.79 Å². The number of aromatic nitrogens is 3. The Morgan fingerprint density at radius 1 is 1.15 bits per heavy atom. The second-order valence-corrected chi connectivity index (χ2v) is 7.00. The van der Waals surface area contributed by atoms with E-state index in [0.29, 0.717) is 5.52 Å². The molecule has 0 atom stereocenters. The second kappa shape index (κ2) is 6.44. The zero-order valence-electron chi connectivity index (χ0n) is 15.1. The highest BCUT2D eigenvalue weighted by Crippen LogP contribution is 2.22. The third-order valence-electron chi connectivity index (χ3n) is 5.14. The highest BCUT2D eigenvalue weighted by Gasteiger charge is 2.20. The number of rotatable bonds is 3. The Labute approximate surface area is 151 Å². The molecule has 1 N–H and O–H groups in total. The van der Waals surface area contributed by atoms with Crippen LogP contribution in [0.15, 0.2) is 35.4 Å². The van der Waals surface area contributed by atoms with E-state index in [1.165, 1.54) is 10.1 Å². The lowest BCUT2D eigenvalue weighted by Crippen LogP contribution is -2.28. The predicted molar refractivity (Wildman–Crippen MR) is 101 cm³/mol. The summed E-state index contributed by atoms with van der Waals surface area (Å²) < 4.78 is 3.12. The summed E-state index contributed by atoms with van der Waals surface area (Å²) in [5.41, 5.74) is 5.56. The van der Waals surface area contributed by atoms with Gasteiger partial charge in [0.25, 0.3) is 5.56 Å². The summed E-state index contributed by atoms with van der Waals surface area (Å²) in [5.74, 6) is -0.215. The summed E-state index contributed by atoms with van der Waals surface area (Å²) >= 11 is 0. The number of nitrogens with zero attached hydrogens (tertiary/aromatic N) is 3. The van der Waals surface area contributed by atoms with E-state index in [1.807, 2.05) is 32.0 Å². The number of carbonyl (C=O) groups is 1. The fraction of sp³-hybridized carbons (Fsp3) is 0.350. The molecule has 6 heteroatoms. The Morgan fingerprint density at radius 2 is 1.96 bits per heavy atom. The molecule has 2 heterocycles. The van der Waals surface area contributed by atoms with Gasteiger partial charge in [0, 0.05) is 23.6 Å². The van der Waals surface area contributed by atoms with Gasteiger partial charge in [0.15, 0.2) is 0 Å². The quantitative estimate of drug-likeness (QED) is 0.789. The van der Waals surface area contributed by atoms with Crippen molar-refractivity contribution in [3.63, 3.8) is 0 Å². The highest BCUT2D eigenvalue weighted by molar-refractivity contribution is 5.90. The number of fused-ring (bicyclic) bond motifs is 3.